The summed E-state index contributed by atoms with van der Waals surface area (Å²) in [5.74, 6) is -0.515. The molecule has 0 unspecified atom stereocenters. The fraction of sp³-hybridized carbons (Fsp3) is 0.143. The summed E-state index contributed by atoms with van der Waals surface area (Å²) in [7, 11) is 1.43. The molecule has 2 aromatic rings. The molecule has 1 aromatic heterocycles. The Morgan fingerprint density at radius 2 is 1.90 bits per heavy atom. The Balaban J connectivity index is 2.24. The average Bonchev–Trinajstić information content (AvgIpc) is 2.47. The van der Waals surface area contributed by atoms with Crippen LogP contribution in [0.1, 0.15) is 15.9 Å². The number of alkyl halides is 3. The van der Waals surface area contributed by atoms with Crippen LogP contribution in [0.2, 0.25) is 0 Å². The highest BCUT2D eigenvalue weighted by atomic mass is 19.4. The lowest BCUT2D eigenvalue weighted by molar-refractivity contribution is -0.137. The maximum absolute atomic E-state index is 12.8. The first-order valence-electron chi connectivity index (χ1n) is 5.89. The van der Waals surface area contributed by atoms with Crippen molar-refractivity contribution in [1.82, 2.24) is 4.98 Å². The van der Waals surface area contributed by atoms with E-state index in [9.17, 15) is 18.0 Å². The Morgan fingerprint density at radius 3 is 2.48 bits per heavy atom. The number of anilines is 1. The van der Waals surface area contributed by atoms with Gasteiger partial charge in [0.25, 0.3) is 5.91 Å². The van der Waals surface area contributed by atoms with Crippen LogP contribution in [0.5, 0.6) is 5.88 Å². The van der Waals surface area contributed by atoms with Gasteiger partial charge < -0.3 is 10.1 Å². The minimum absolute atomic E-state index is 0.276. The predicted molar refractivity (Wildman–Crippen MR) is 70.2 cm³/mol. The largest absolute Gasteiger partial charge is 0.481 e. The summed E-state index contributed by atoms with van der Waals surface area (Å²) in [5.41, 5.74) is -1.15. The third-order valence-electron chi connectivity index (χ3n) is 2.68. The van der Waals surface area contributed by atoms with Gasteiger partial charge in [-0.2, -0.15) is 13.2 Å². The molecule has 1 heterocycles. The van der Waals surface area contributed by atoms with Gasteiger partial charge in [-0.05, 0) is 18.2 Å². The molecule has 2 rings (SSSR count). The number of methoxy groups -OCH3 is 1. The van der Waals surface area contributed by atoms with Gasteiger partial charge in [-0.3, -0.25) is 4.79 Å². The Kier molecular flexibility index (Phi) is 4.11. The third kappa shape index (κ3) is 3.50. The van der Waals surface area contributed by atoms with Gasteiger partial charge in [-0.25, -0.2) is 4.98 Å². The molecule has 0 radical (unpaired) electrons. The van der Waals surface area contributed by atoms with Gasteiger partial charge in [0.15, 0.2) is 0 Å². The van der Waals surface area contributed by atoms with Crippen molar-refractivity contribution in [3.63, 3.8) is 0 Å². The highest BCUT2D eigenvalue weighted by molar-refractivity contribution is 6.05. The van der Waals surface area contributed by atoms with Crippen LogP contribution in [0.3, 0.4) is 0 Å². The standard InChI is InChI=1S/C14H11F3N2O2/c1-21-12-7-6-9(8-18-12)19-13(20)10-4-2-3-5-11(10)14(15,16)17/h2-8H,1H3,(H,19,20). The summed E-state index contributed by atoms with van der Waals surface area (Å²) in [5, 5.41) is 2.37. The second kappa shape index (κ2) is 5.82. The molecule has 0 bridgehead atoms. The van der Waals surface area contributed by atoms with Crippen molar-refractivity contribution in [2.75, 3.05) is 12.4 Å². The first-order valence-corrected chi connectivity index (χ1v) is 5.89. The van der Waals surface area contributed by atoms with E-state index in [1.807, 2.05) is 0 Å². The number of hydrogen-bond acceptors (Lipinski definition) is 3. The average molecular weight is 296 g/mol. The minimum Gasteiger partial charge on any atom is -0.481 e. The van der Waals surface area contributed by atoms with Gasteiger partial charge in [0.1, 0.15) is 0 Å². The molecule has 1 N–H and O–H groups in total. The van der Waals surface area contributed by atoms with Crippen LogP contribution in [-0.4, -0.2) is 18.0 Å². The second-order valence-electron chi connectivity index (χ2n) is 4.09. The highest BCUT2D eigenvalue weighted by Gasteiger charge is 2.34. The Bertz CT molecular complexity index is 639. The number of carbonyl (C=O) groups excluding carboxylic acids is 1. The van der Waals surface area contributed by atoms with E-state index in [1.165, 1.54) is 37.6 Å². The van der Waals surface area contributed by atoms with Crippen LogP contribution in [0.25, 0.3) is 0 Å². The van der Waals surface area contributed by atoms with Crippen LogP contribution < -0.4 is 10.1 Å². The molecule has 21 heavy (non-hydrogen) atoms. The number of carbonyl (C=O) groups is 1. The Hall–Kier alpha value is -2.57. The van der Waals surface area contributed by atoms with Crippen molar-refractivity contribution in [2.45, 2.75) is 6.18 Å². The molecule has 0 atom stereocenters. The molecular weight excluding hydrogens is 285 g/mol. The van der Waals surface area contributed by atoms with Crippen molar-refractivity contribution in [3.05, 3.63) is 53.7 Å². The molecule has 0 aliphatic rings. The lowest BCUT2D eigenvalue weighted by atomic mass is 10.1. The molecule has 1 aromatic carbocycles. The number of benzene rings is 1. The number of nitrogens with one attached hydrogen (secondary N) is 1. The van der Waals surface area contributed by atoms with Gasteiger partial charge in [0, 0.05) is 6.07 Å². The van der Waals surface area contributed by atoms with Gasteiger partial charge in [0.2, 0.25) is 5.88 Å². The molecular formula is C14H11F3N2O2. The molecule has 4 nitrogen and oxygen atoms in total. The maximum atomic E-state index is 12.8. The van der Waals surface area contributed by atoms with Crippen LogP contribution in [0.15, 0.2) is 42.6 Å². The van der Waals surface area contributed by atoms with Crippen molar-refractivity contribution >= 4 is 11.6 Å². The maximum Gasteiger partial charge on any atom is 0.417 e. The van der Waals surface area contributed by atoms with E-state index in [-0.39, 0.29) is 5.69 Å². The van der Waals surface area contributed by atoms with E-state index in [0.717, 1.165) is 12.1 Å². The molecule has 0 aliphatic heterocycles. The first-order chi connectivity index (χ1) is 9.91. The SMILES string of the molecule is COc1ccc(NC(=O)c2ccccc2C(F)(F)F)cn1. The molecule has 7 heteroatoms. The number of hydrogen-bond donors (Lipinski definition) is 1. The van der Waals surface area contributed by atoms with Gasteiger partial charge in [-0.15, -0.1) is 0 Å². The van der Waals surface area contributed by atoms with Gasteiger partial charge in [0.05, 0.1) is 30.1 Å². The molecule has 1 amide bonds. The lowest BCUT2D eigenvalue weighted by Gasteiger charge is -2.12. The summed E-state index contributed by atoms with van der Waals surface area (Å²) in [6.07, 6.45) is -3.29. The highest BCUT2D eigenvalue weighted by Crippen LogP contribution is 2.32. The fourth-order valence-corrected chi connectivity index (χ4v) is 1.70. The molecule has 0 saturated carbocycles. The van der Waals surface area contributed by atoms with Crippen molar-refractivity contribution < 1.29 is 22.7 Å². The zero-order valence-corrected chi connectivity index (χ0v) is 10.9. The number of halogens is 3. The molecule has 0 saturated heterocycles. The molecule has 0 fully saturated rings. The minimum atomic E-state index is -4.59. The number of pyridine rings is 1. The monoisotopic (exact) mass is 296 g/mol. The number of rotatable bonds is 3. The van der Waals surface area contributed by atoms with E-state index in [0.29, 0.717) is 5.88 Å². The summed E-state index contributed by atoms with van der Waals surface area (Å²) >= 11 is 0. The zero-order chi connectivity index (χ0) is 15.5. The number of ether oxygens (including phenoxy) is 1. The van der Waals surface area contributed by atoms with Crippen LogP contribution in [0.4, 0.5) is 18.9 Å². The topological polar surface area (TPSA) is 51.2 Å². The number of aromatic nitrogens is 1. The van der Waals surface area contributed by atoms with E-state index in [1.54, 1.807) is 0 Å². The second-order valence-corrected chi connectivity index (χ2v) is 4.09. The summed E-state index contributed by atoms with van der Waals surface area (Å²) in [4.78, 5) is 15.8. The van der Waals surface area contributed by atoms with Crippen molar-refractivity contribution in [3.8, 4) is 5.88 Å². The smallest absolute Gasteiger partial charge is 0.417 e. The van der Waals surface area contributed by atoms with Crippen LogP contribution >= 0.6 is 0 Å². The van der Waals surface area contributed by atoms with E-state index in [2.05, 4.69) is 10.3 Å². The Labute approximate surface area is 118 Å². The third-order valence-corrected chi connectivity index (χ3v) is 2.68. The van der Waals surface area contributed by atoms with Crippen LogP contribution in [-0.2, 0) is 6.18 Å². The van der Waals surface area contributed by atoms with Gasteiger partial charge >= 0.3 is 6.18 Å². The Morgan fingerprint density at radius 1 is 1.19 bits per heavy atom. The number of nitrogens with zero attached hydrogens (tertiary/aromatic N) is 1. The van der Waals surface area contributed by atoms with Crippen molar-refractivity contribution in [2.24, 2.45) is 0 Å². The quantitative estimate of drug-likeness (QED) is 0.945. The van der Waals surface area contributed by atoms with E-state index < -0.39 is 23.2 Å². The van der Waals surface area contributed by atoms with Crippen LogP contribution in [0, 0.1) is 0 Å². The molecule has 0 aliphatic carbocycles. The van der Waals surface area contributed by atoms with E-state index in [4.69, 9.17) is 4.74 Å². The summed E-state index contributed by atoms with van der Waals surface area (Å²) in [6.45, 7) is 0. The summed E-state index contributed by atoms with van der Waals surface area (Å²) in [6, 6.07) is 7.56. The van der Waals surface area contributed by atoms with Crippen molar-refractivity contribution in [1.29, 1.82) is 0 Å². The predicted octanol–water partition coefficient (Wildman–Crippen LogP) is 3.36. The molecule has 0 spiro atoms. The number of amides is 1. The molecule has 110 valence electrons. The van der Waals surface area contributed by atoms with Gasteiger partial charge in [-0.1, -0.05) is 12.1 Å². The summed E-state index contributed by atoms with van der Waals surface area (Å²) < 4.78 is 43.4. The first kappa shape index (κ1) is 14.8. The fourth-order valence-electron chi connectivity index (χ4n) is 1.70. The normalized spacial score (nSPS) is 11.0. The zero-order valence-electron chi connectivity index (χ0n) is 10.9. The van der Waals surface area contributed by atoms with E-state index >= 15 is 0 Å². The lowest BCUT2D eigenvalue weighted by Crippen LogP contribution is -2.18.